The Morgan fingerprint density at radius 1 is 1.13 bits per heavy atom. The number of hydrogen-bond acceptors (Lipinski definition) is 6. The first-order valence-electron chi connectivity index (χ1n) is 13.6. The van der Waals surface area contributed by atoms with Crippen molar-refractivity contribution in [3.63, 3.8) is 0 Å². The lowest BCUT2D eigenvalue weighted by atomic mass is 9.74. The fourth-order valence-corrected chi connectivity index (χ4v) is 6.45. The summed E-state index contributed by atoms with van der Waals surface area (Å²) in [5, 5.41) is 3.95. The molecular weight excluding hydrogens is 494 g/mol. The molecular formula is C31H37N3O5. The van der Waals surface area contributed by atoms with Gasteiger partial charge in [0, 0.05) is 35.4 Å². The maximum atomic E-state index is 12.5. The van der Waals surface area contributed by atoms with Crippen LogP contribution < -0.4 is 10.1 Å². The fraction of sp³-hybridized carbons (Fsp3) is 0.419. The van der Waals surface area contributed by atoms with E-state index in [1.165, 1.54) is 23.8 Å². The van der Waals surface area contributed by atoms with Crippen LogP contribution in [0.4, 0.5) is 5.69 Å². The van der Waals surface area contributed by atoms with E-state index < -0.39 is 0 Å². The van der Waals surface area contributed by atoms with E-state index in [1.807, 2.05) is 36.4 Å². The van der Waals surface area contributed by atoms with Crippen LogP contribution in [0.25, 0.3) is 10.9 Å². The number of esters is 1. The van der Waals surface area contributed by atoms with Crippen molar-refractivity contribution in [2.45, 2.75) is 38.6 Å². The summed E-state index contributed by atoms with van der Waals surface area (Å²) >= 11 is 0. The topological polar surface area (TPSA) is 92.9 Å². The van der Waals surface area contributed by atoms with Crippen LogP contribution in [0.2, 0.25) is 0 Å². The van der Waals surface area contributed by atoms with Gasteiger partial charge >= 0.3 is 5.97 Å². The van der Waals surface area contributed by atoms with Gasteiger partial charge in [-0.15, -0.1) is 0 Å². The maximum absolute atomic E-state index is 12.5. The van der Waals surface area contributed by atoms with Gasteiger partial charge in [0.1, 0.15) is 5.75 Å². The van der Waals surface area contributed by atoms with Gasteiger partial charge in [-0.25, -0.2) is 4.79 Å². The number of amides is 1. The molecule has 1 amide bonds. The Labute approximate surface area is 229 Å². The normalized spacial score (nSPS) is 22.1. The molecule has 3 aliphatic heterocycles. The monoisotopic (exact) mass is 531 g/mol. The summed E-state index contributed by atoms with van der Waals surface area (Å²) in [6.45, 7) is 4.19. The molecule has 1 fully saturated rings. The van der Waals surface area contributed by atoms with Gasteiger partial charge in [-0.05, 0) is 54.0 Å². The Kier molecular flexibility index (Phi) is 7.93. The first-order valence-corrected chi connectivity index (χ1v) is 13.6. The van der Waals surface area contributed by atoms with Gasteiger partial charge < -0.3 is 24.5 Å². The molecule has 4 heterocycles. The predicted molar refractivity (Wildman–Crippen MR) is 151 cm³/mol. The van der Waals surface area contributed by atoms with Crippen LogP contribution in [0.3, 0.4) is 0 Å². The van der Waals surface area contributed by atoms with E-state index in [9.17, 15) is 9.59 Å². The fourth-order valence-electron chi connectivity index (χ4n) is 6.45. The van der Waals surface area contributed by atoms with Crippen LogP contribution in [-0.2, 0) is 31.9 Å². The van der Waals surface area contributed by atoms with E-state index >= 15 is 0 Å². The molecule has 2 N–H and O–H groups in total. The van der Waals surface area contributed by atoms with Crippen molar-refractivity contribution in [2.24, 2.45) is 11.8 Å². The number of hydrogen-bond donors (Lipinski definition) is 2. The highest BCUT2D eigenvalue weighted by atomic mass is 16.5. The number of benzene rings is 2. The van der Waals surface area contributed by atoms with E-state index in [0.29, 0.717) is 17.9 Å². The zero-order valence-corrected chi connectivity index (χ0v) is 23.1. The number of methoxy groups -OCH3 is 3. The molecule has 3 aromatic rings. The summed E-state index contributed by atoms with van der Waals surface area (Å²) in [5.74, 6) is 1.22. The predicted octanol–water partition coefficient (Wildman–Crippen LogP) is 5.01. The number of nitrogens with one attached hydrogen (secondary N) is 2. The Morgan fingerprint density at radius 3 is 2.67 bits per heavy atom. The number of anilines is 1. The summed E-state index contributed by atoms with van der Waals surface area (Å²) in [6, 6.07) is 14.1. The minimum atomic E-state index is -0.293. The lowest BCUT2D eigenvalue weighted by molar-refractivity contribution is -0.137. The van der Waals surface area contributed by atoms with Crippen LogP contribution in [0.1, 0.15) is 42.6 Å². The maximum Gasteiger partial charge on any atom is 0.337 e. The average Bonchev–Trinajstić information content (AvgIpc) is 3.54. The number of rotatable bonds is 5. The van der Waals surface area contributed by atoms with Crippen molar-refractivity contribution in [1.29, 1.82) is 0 Å². The summed E-state index contributed by atoms with van der Waals surface area (Å²) in [6.07, 6.45) is 5.00. The molecule has 8 heteroatoms. The summed E-state index contributed by atoms with van der Waals surface area (Å²) in [5.41, 5.74) is 6.44. The number of para-hydroxylation sites is 1. The summed E-state index contributed by atoms with van der Waals surface area (Å²) in [7, 11) is 4.75. The number of nitrogens with zero attached hydrogens (tertiary/aromatic N) is 1. The molecule has 0 radical (unpaired) electrons. The molecule has 0 spiro atoms. The van der Waals surface area contributed by atoms with Gasteiger partial charge in [0.25, 0.3) is 0 Å². The summed E-state index contributed by atoms with van der Waals surface area (Å²) in [4.78, 5) is 29.5. The first-order chi connectivity index (χ1) is 19.0. The highest BCUT2D eigenvalue weighted by Gasteiger charge is 2.42. The number of aromatic nitrogens is 1. The van der Waals surface area contributed by atoms with E-state index in [2.05, 4.69) is 28.2 Å². The van der Waals surface area contributed by atoms with E-state index in [-0.39, 0.29) is 23.8 Å². The standard InChI is InChI=1S/C23H30N2O4.C8H7NO/c1-5-14-12-25-10-9-15-21-18(7-6-8-20(21)28-3)24-22(15)19(25)11-16(14)17(13-27-2)23(26)29-4;10-8-5-6-3-1-2-4-7(6)9-8/h6-8,13-14,16,19,24H,5,9-12H2,1-4H3;1-4H,5H2,(H,9,10)/b17-13+;/t14-,16+,19+;/m1./s1. The average molecular weight is 532 g/mol. The number of carbonyl (C=O) groups is 2. The van der Waals surface area contributed by atoms with Crippen molar-refractivity contribution in [1.82, 2.24) is 9.88 Å². The number of piperidine rings is 1. The molecule has 206 valence electrons. The number of carbonyl (C=O) groups excluding carboxylic acids is 2. The number of fused-ring (bicyclic) bond motifs is 6. The molecule has 2 aromatic carbocycles. The highest BCUT2D eigenvalue weighted by Crippen LogP contribution is 2.47. The molecule has 3 aliphatic rings. The van der Waals surface area contributed by atoms with E-state index in [1.54, 1.807) is 20.5 Å². The van der Waals surface area contributed by atoms with Crippen molar-refractivity contribution in [3.05, 3.63) is 71.1 Å². The molecule has 1 aromatic heterocycles. The van der Waals surface area contributed by atoms with E-state index in [4.69, 9.17) is 14.2 Å². The van der Waals surface area contributed by atoms with Gasteiger partial charge in [-0.2, -0.15) is 0 Å². The zero-order valence-electron chi connectivity index (χ0n) is 23.1. The van der Waals surface area contributed by atoms with Gasteiger partial charge in [-0.1, -0.05) is 37.6 Å². The van der Waals surface area contributed by atoms with Crippen LogP contribution >= 0.6 is 0 Å². The Hall–Kier alpha value is -3.78. The largest absolute Gasteiger partial charge is 0.504 e. The second-order valence-corrected chi connectivity index (χ2v) is 10.4. The molecule has 8 nitrogen and oxygen atoms in total. The van der Waals surface area contributed by atoms with Crippen molar-refractivity contribution in [2.75, 3.05) is 39.7 Å². The van der Waals surface area contributed by atoms with Crippen LogP contribution in [0, 0.1) is 11.8 Å². The second-order valence-electron chi connectivity index (χ2n) is 10.4. The molecule has 0 aliphatic carbocycles. The van der Waals surface area contributed by atoms with Crippen molar-refractivity contribution >= 4 is 28.5 Å². The van der Waals surface area contributed by atoms with Gasteiger partial charge in [0.05, 0.1) is 45.6 Å². The molecule has 0 bridgehead atoms. The van der Waals surface area contributed by atoms with Crippen LogP contribution in [0.15, 0.2) is 54.3 Å². The third-order valence-electron chi connectivity index (χ3n) is 8.31. The lowest BCUT2D eigenvalue weighted by Crippen LogP contribution is -2.47. The molecule has 0 saturated carbocycles. The van der Waals surface area contributed by atoms with Crippen LogP contribution in [0.5, 0.6) is 5.75 Å². The Morgan fingerprint density at radius 2 is 1.95 bits per heavy atom. The minimum Gasteiger partial charge on any atom is -0.504 e. The second kappa shape index (κ2) is 11.5. The van der Waals surface area contributed by atoms with Crippen LogP contribution in [-0.4, -0.2) is 56.2 Å². The Bertz CT molecular complexity index is 1370. The highest BCUT2D eigenvalue weighted by molar-refractivity contribution is 5.99. The Balaban J connectivity index is 0.000000257. The lowest BCUT2D eigenvalue weighted by Gasteiger charge is -2.46. The third-order valence-corrected chi connectivity index (χ3v) is 8.31. The molecule has 1 saturated heterocycles. The quantitative estimate of drug-likeness (QED) is 0.273. The van der Waals surface area contributed by atoms with Gasteiger partial charge in [-0.3, -0.25) is 9.69 Å². The number of ether oxygens (including phenoxy) is 3. The first kappa shape index (κ1) is 26.8. The van der Waals surface area contributed by atoms with Gasteiger partial charge in [0.2, 0.25) is 5.91 Å². The minimum absolute atomic E-state index is 0.0983. The molecule has 6 rings (SSSR count). The number of H-pyrrole nitrogens is 1. The van der Waals surface area contributed by atoms with E-state index in [0.717, 1.165) is 54.9 Å². The van der Waals surface area contributed by atoms with Gasteiger partial charge in [0.15, 0.2) is 0 Å². The molecule has 0 unspecified atom stereocenters. The zero-order chi connectivity index (χ0) is 27.5. The summed E-state index contributed by atoms with van der Waals surface area (Å²) < 4.78 is 16.0. The molecule has 3 atom stereocenters. The van der Waals surface area contributed by atoms with Crippen molar-refractivity contribution in [3.8, 4) is 5.75 Å². The SMILES string of the molecule is CC[C@@H]1CN2CCc3c([nH]c4cccc(OC)c34)[C@@H]2C[C@@H]1/C(=C\OC)C(=O)OC.O=C1Cc2ccccc2N1. The number of aromatic amines is 1. The third kappa shape index (κ3) is 5.13. The van der Waals surface area contributed by atoms with Crippen molar-refractivity contribution < 1.29 is 23.8 Å². The molecule has 39 heavy (non-hydrogen) atoms. The smallest absolute Gasteiger partial charge is 0.337 e.